The number of carbonyl (C=O) groups excluding carboxylic acids is 1. The maximum Gasteiger partial charge on any atom is 0.472 e. The maximum absolute atomic E-state index is 12.1. The van der Waals surface area contributed by atoms with Crippen molar-refractivity contribution >= 4 is 24.6 Å². The molecule has 1 heterocycles. The van der Waals surface area contributed by atoms with Crippen LogP contribution in [-0.4, -0.2) is 34.7 Å². The summed E-state index contributed by atoms with van der Waals surface area (Å²) in [6.45, 7) is 1.59. The van der Waals surface area contributed by atoms with E-state index in [2.05, 4.69) is 10.5 Å². The van der Waals surface area contributed by atoms with E-state index in [1.807, 2.05) is 0 Å². The molecule has 2 rings (SSSR count). The third-order valence-corrected chi connectivity index (χ3v) is 2.99. The predicted octanol–water partition coefficient (Wildman–Crippen LogP) is 1.05. The zero-order valence-corrected chi connectivity index (χ0v) is 11.4. The van der Waals surface area contributed by atoms with E-state index < -0.39 is 13.0 Å². The molecule has 104 valence electrons. The number of aromatic nitrogens is 1. The highest BCUT2D eigenvalue weighted by Crippen LogP contribution is 2.30. The number of nitrogens with one attached hydrogen (secondary N) is 1. The van der Waals surface area contributed by atoms with E-state index in [0.29, 0.717) is 22.0 Å². The van der Waals surface area contributed by atoms with Crippen molar-refractivity contribution in [3.8, 4) is 11.3 Å². The third-order valence-electron chi connectivity index (χ3n) is 2.66. The Morgan fingerprint density at radius 3 is 2.80 bits per heavy atom. The summed E-state index contributed by atoms with van der Waals surface area (Å²) in [5.74, 6) is -0.184. The van der Waals surface area contributed by atoms with Gasteiger partial charge in [0.2, 0.25) is 0 Å². The molecule has 0 saturated heterocycles. The number of aryl methyl sites for hydroxylation is 1. The van der Waals surface area contributed by atoms with Gasteiger partial charge in [-0.15, -0.1) is 0 Å². The topological polar surface area (TPSA) is 95.6 Å². The minimum Gasteiger partial charge on any atom is -0.426 e. The summed E-state index contributed by atoms with van der Waals surface area (Å²) in [5, 5.41) is 24.2. The van der Waals surface area contributed by atoms with Gasteiger partial charge in [-0.05, 0) is 13.0 Å². The maximum atomic E-state index is 12.1. The molecule has 1 amide bonds. The van der Waals surface area contributed by atoms with Crippen LogP contribution in [0.3, 0.4) is 0 Å². The third kappa shape index (κ3) is 3.01. The fraction of sp³-hybridized carbons (Fsp3) is 0.167. The molecule has 0 aliphatic carbocycles. The molecule has 2 aromatic rings. The Labute approximate surface area is 120 Å². The van der Waals surface area contributed by atoms with Crippen LogP contribution >= 0.6 is 11.6 Å². The van der Waals surface area contributed by atoms with Crippen molar-refractivity contribution in [1.82, 2.24) is 10.5 Å². The number of hydrogen-bond donors (Lipinski definition) is 3. The minimum atomic E-state index is -1.62. The van der Waals surface area contributed by atoms with Crippen LogP contribution in [-0.2, 0) is 0 Å². The first-order chi connectivity index (χ1) is 9.50. The molecule has 1 aromatic carbocycles. The lowest BCUT2D eigenvalue weighted by atomic mass is 9.92. The molecule has 20 heavy (non-hydrogen) atoms. The van der Waals surface area contributed by atoms with Gasteiger partial charge in [-0.1, -0.05) is 35.0 Å². The summed E-state index contributed by atoms with van der Waals surface area (Å²) in [6, 6.07) is 6.93. The summed E-state index contributed by atoms with van der Waals surface area (Å²) < 4.78 is 5.04. The minimum absolute atomic E-state index is 0.221. The van der Waals surface area contributed by atoms with Crippen molar-refractivity contribution in [2.75, 3.05) is 6.44 Å². The van der Waals surface area contributed by atoms with Gasteiger partial charge in [-0.3, -0.25) is 4.79 Å². The van der Waals surface area contributed by atoms with Crippen molar-refractivity contribution in [3.63, 3.8) is 0 Å². The lowest BCUT2D eigenvalue weighted by molar-refractivity contribution is 0.0955. The van der Waals surface area contributed by atoms with Gasteiger partial charge in [0.15, 0.2) is 0 Å². The summed E-state index contributed by atoms with van der Waals surface area (Å²) in [4.78, 5) is 12.1. The van der Waals surface area contributed by atoms with Crippen molar-refractivity contribution in [2.24, 2.45) is 0 Å². The Bertz CT molecular complexity index is 630. The van der Waals surface area contributed by atoms with E-state index in [1.54, 1.807) is 31.2 Å². The van der Waals surface area contributed by atoms with Crippen molar-refractivity contribution < 1.29 is 19.4 Å². The molecule has 0 unspecified atom stereocenters. The van der Waals surface area contributed by atoms with E-state index in [0.717, 1.165) is 0 Å². The highest BCUT2D eigenvalue weighted by Gasteiger charge is 2.23. The number of hydrogen-bond acceptors (Lipinski definition) is 5. The molecular formula is C12H12BClN2O4. The molecular weight excluding hydrogens is 282 g/mol. The van der Waals surface area contributed by atoms with E-state index in [4.69, 9.17) is 26.2 Å². The van der Waals surface area contributed by atoms with Crippen LogP contribution in [0.25, 0.3) is 11.3 Å². The fourth-order valence-corrected chi connectivity index (χ4v) is 1.97. The number of halogens is 1. The average molecular weight is 295 g/mol. The number of nitrogens with zero attached hydrogens (tertiary/aromatic N) is 1. The Kier molecular flexibility index (Phi) is 4.44. The zero-order valence-electron chi connectivity index (χ0n) is 10.6. The molecule has 0 spiro atoms. The second-order valence-corrected chi connectivity index (χ2v) is 4.54. The first-order valence-corrected chi connectivity index (χ1v) is 6.24. The van der Waals surface area contributed by atoms with E-state index in [-0.39, 0.29) is 12.0 Å². The van der Waals surface area contributed by atoms with Crippen molar-refractivity contribution in [2.45, 2.75) is 6.92 Å². The fourth-order valence-electron chi connectivity index (χ4n) is 1.75. The lowest BCUT2D eigenvalue weighted by Gasteiger charge is -2.05. The Hall–Kier alpha value is -1.83. The SMILES string of the molecule is Cc1onc(-c2ccccc2Cl)c1C(=O)NCB(O)O. The Balaban J connectivity index is 2.38. The van der Waals surface area contributed by atoms with Crippen LogP contribution in [0.5, 0.6) is 0 Å². The molecule has 0 aliphatic heterocycles. The van der Waals surface area contributed by atoms with Crippen LogP contribution in [0.1, 0.15) is 16.1 Å². The lowest BCUT2D eigenvalue weighted by Crippen LogP contribution is -2.35. The second-order valence-electron chi connectivity index (χ2n) is 4.13. The highest BCUT2D eigenvalue weighted by molar-refractivity contribution is 6.41. The molecule has 0 saturated carbocycles. The molecule has 3 N–H and O–H groups in total. The van der Waals surface area contributed by atoms with Gasteiger partial charge in [-0.25, -0.2) is 0 Å². The summed E-state index contributed by atoms with van der Waals surface area (Å²) >= 11 is 6.08. The molecule has 0 atom stereocenters. The van der Waals surface area contributed by atoms with Gasteiger partial charge >= 0.3 is 7.12 Å². The van der Waals surface area contributed by atoms with Crippen molar-refractivity contribution in [1.29, 1.82) is 0 Å². The van der Waals surface area contributed by atoms with Crippen molar-refractivity contribution in [3.05, 3.63) is 40.6 Å². The summed E-state index contributed by atoms with van der Waals surface area (Å²) in [5.41, 5.74) is 1.11. The van der Waals surface area contributed by atoms with Crippen LogP contribution < -0.4 is 5.32 Å². The normalized spacial score (nSPS) is 10.4. The highest BCUT2D eigenvalue weighted by atomic mass is 35.5. The van der Waals surface area contributed by atoms with Crippen LogP contribution in [0.4, 0.5) is 0 Å². The average Bonchev–Trinajstić information content (AvgIpc) is 2.78. The monoisotopic (exact) mass is 294 g/mol. The van der Waals surface area contributed by atoms with Crippen LogP contribution in [0, 0.1) is 6.92 Å². The second kappa shape index (κ2) is 6.08. The smallest absolute Gasteiger partial charge is 0.426 e. The van der Waals surface area contributed by atoms with E-state index in [1.165, 1.54) is 0 Å². The summed E-state index contributed by atoms with van der Waals surface area (Å²) in [7, 11) is -1.62. The zero-order chi connectivity index (χ0) is 14.7. The molecule has 0 fully saturated rings. The van der Waals surface area contributed by atoms with Gasteiger partial charge in [0, 0.05) is 5.56 Å². The number of rotatable bonds is 4. The Morgan fingerprint density at radius 2 is 2.15 bits per heavy atom. The molecule has 0 aliphatic rings. The van der Waals surface area contributed by atoms with Gasteiger partial charge < -0.3 is 19.9 Å². The van der Waals surface area contributed by atoms with Gasteiger partial charge in [0.25, 0.3) is 5.91 Å². The number of amides is 1. The Morgan fingerprint density at radius 1 is 1.45 bits per heavy atom. The van der Waals surface area contributed by atoms with Gasteiger partial charge in [0.05, 0.1) is 11.5 Å². The molecule has 6 nitrogen and oxygen atoms in total. The molecule has 1 aromatic heterocycles. The molecule has 0 radical (unpaired) electrons. The van der Waals surface area contributed by atoms with Gasteiger partial charge in [-0.2, -0.15) is 0 Å². The van der Waals surface area contributed by atoms with E-state index in [9.17, 15) is 4.79 Å². The standard InChI is InChI=1S/C12H12BClN2O4/c1-7-10(12(17)15-6-13(18)19)11(16-20-7)8-4-2-3-5-9(8)14/h2-5,18-19H,6H2,1H3,(H,15,17). The largest absolute Gasteiger partial charge is 0.472 e. The number of carbonyl (C=O) groups is 1. The predicted molar refractivity (Wildman–Crippen MR) is 74.2 cm³/mol. The molecule has 0 bridgehead atoms. The van der Waals surface area contributed by atoms with E-state index >= 15 is 0 Å². The first-order valence-electron chi connectivity index (χ1n) is 5.86. The summed E-state index contributed by atoms with van der Waals surface area (Å²) in [6.07, 6.45) is -0.286. The molecule has 8 heteroatoms. The van der Waals surface area contributed by atoms with Gasteiger partial charge in [0.1, 0.15) is 17.0 Å². The van der Waals surface area contributed by atoms with Crippen LogP contribution in [0.15, 0.2) is 28.8 Å². The quantitative estimate of drug-likeness (QED) is 0.732. The first kappa shape index (κ1) is 14.6. The number of benzene rings is 1. The van der Waals surface area contributed by atoms with Crippen LogP contribution in [0.2, 0.25) is 5.02 Å².